The number of anilines is 1. The number of hydrogen-bond acceptors (Lipinski definition) is 4. The largest absolute Gasteiger partial charge is 0.385 e. The fourth-order valence-corrected chi connectivity index (χ4v) is 3.59. The fraction of sp³-hybridized carbons (Fsp3) is 0.462. The van der Waals surface area contributed by atoms with Gasteiger partial charge >= 0.3 is 0 Å². The number of carbonyl (C=O) groups excluding carboxylic acids is 1. The van der Waals surface area contributed by atoms with Gasteiger partial charge in [0.15, 0.2) is 0 Å². The lowest BCUT2D eigenvalue weighted by molar-refractivity contribution is -0.116. The lowest BCUT2D eigenvalue weighted by Crippen LogP contribution is -2.26. The molecule has 0 bridgehead atoms. The van der Waals surface area contributed by atoms with Crippen LogP contribution in [0.2, 0.25) is 5.02 Å². The molecule has 0 spiro atoms. The van der Waals surface area contributed by atoms with E-state index in [4.69, 9.17) is 16.3 Å². The summed E-state index contributed by atoms with van der Waals surface area (Å²) in [7, 11) is -2.05. The van der Waals surface area contributed by atoms with Crippen molar-refractivity contribution in [3.05, 3.63) is 22.7 Å². The van der Waals surface area contributed by atoms with Crippen molar-refractivity contribution in [1.29, 1.82) is 0 Å². The molecular weight excluding hydrogens is 316 g/mol. The Hall–Kier alpha value is -1.15. The summed E-state index contributed by atoms with van der Waals surface area (Å²) < 4.78 is 31.8. The van der Waals surface area contributed by atoms with E-state index >= 15 is 0 Å². The first-order valence-electron chi connectivity index (χ1n) is 6.55. The molecule has 116 valence electrons. The Bertz CT molecular complexity index is 646. The van der Waals surface area contributed by atoms with Crippen LogP contribution in [0.1, 0.15) is 18.4 Å². The van der Waals surface area contributed by atoms with Crippen molar-refractivity contribution in [2.24, 2.45) is 0 Å². The third-order valence-corrected chi connectivity index (χ3v) is 4.90. The number of nitrogens with one attached hydrogen (secondary N) is 2. The summed E-state index contributed by atoms with van der Waals surface area (Å²) in [4.78, 5) is 11.5. The first kappa shape index (κ1) is 16.2. The molecule has 0 atom stereocenters. The molecule has 0 unspecified atom stereocenters. The molecule has 1 aromatic carbocycles. The summed E-state index contributed by atoms with van der Waals surface area (Å²) in [5.41, 5.74) is 1.24. The quantitative estimate of drug-likeness (QED) is 0.774. The molecule has 2 rings (SSSR count). The lowest BCUT2D eigenvalue weighted by Gasteiger charge is -2.19. The molecule has 6 nitrogen and oxygen atoms in total. The van der Waals surface area contributed by atoms with Crippen molar-refractivity contribution < 1.29 is 17.9 Å². The van der Waals surface area contributed by atoms with Crippen LogP contribution in [0.5, 0.6) is 0 Å². The van der Waals surface area contributed by atoms with Crippen molar-refractivity contribution in [1.82, 2.24) is 4.72 Å². The topological polar surface area (TPSA) is 84.5 Å². The van der Waals surface area contributed by atoms with Gasteiger partial charge in [-0.05, 0) is 30.5 Å². The highest BCUT2D eigenvalue weighted by atomic mass is 35.5. The highest BCUT2D eigenvalue weighted by Gasteiger charge is 2.22. The molecule has 0 saturated heterocycles. The van der Waals surface area contributed by atoms with Gasteiger partial charge in [0.2, 0.25) is 15.9 Å². The van der Waals surface area contributed by atoms with Crippen LogP contribution in [-0.4, -0.2) is 34.6 Å². The molecule has 2 N–H and O–H groups in total. The van der Waals surface area contributed by atoms with Gasteiger partial charge in [0.1, 0.15) is 0 Å². The average Bonchev–Trinajstić information content (AvgIpc) is 2.44. The van der Waals surface area contributed by atoms with Gasteiger partial charge in [0.05, 0.1) is 15.6 Å². The summed E-state index contributed by atoms with van der Waals surface area (Å²) in [6.07, 6.45) is 1.40. The third-order valence-electron chi connectivity index (χ3n) is 3.16. The Morgan fingerprint density at radius 1 is 1.38 bits per heavy atom. The number of benzene rings is 1. The molecule has 1 heterocycles. The van der Waals surface area contributed by atoms with E-state index in [0.29, 0.717) is 38.1 Å². The van der Waals surface area contributed by atoms with Crippen molar-refractivity contribution in [3.8, 4) is 0 Å². The first-order valence-corrected chi connectivity index (χ1v) is 8.41. The maximum atomic E-state index is 12.2. The number of halogens is 1. The summed E-state index contributed by atoms with van der Waals surface area (Å²) in [5, 5.41) is 2.90. The smallest absolute Gasteiger partial charge is 0.240 e. The normalized spacial score (nSPS) is 14.7. The molecule has 1 aliphatic rings. The molecule has 0 saturated carbocycles. The molecule has 0 radical (unpaired) electrons. The second-order valence-electron chi connectivity index (χ2n) is 4.73. The third kappa shape index (κ3) is 3.94. The highest BCUT2D eigenvalue weighted by Crippen LogP contribution is 2.33. The zero-order valence-corrected chi connectivity index (χ0v) is 13.2. The fourth-order valence-electron chi connectivity index (χ4n) is 2.08. The number of ether oxygens (including phenoxy) is 1. The molecular formula is C13H17ClN2O4S. The summed E-state index contributed by atoms with van der Waals surface area (Å²) in [5.74, 6) is -0.113. The SMILES string of the molecule is COCCCNS(=O)(=O)c1cc(Cl)c2c(c1)CCC(=O)N2. The van der Waals surface area contributed by atoms with E-state index in [-0.39, 0.29) is 15.8 Å². The minimum atomic E-state index is -3.61. The molecule has 1 aliphatic heterocycles. The lowest BCUT2D eigenvalue weighted by atomic mass is 10.0. The second kappa shape index (κ2) is 6.74. The van der Waals surface area contributed by atoms with Gasteiger partial charge in [0, 0.05) is 26.7 Å². The van der Waals surface area contributed by atoms with E-state index in [0.717, 1.165) is 5.56 Å². The Labute approximate surface area is 128 Å². The number of rotatable bonds is 6. The van der Waals surface area contributed by atoms with Gasteiger partial charge in [-0.3, -0.25) is 4.79 Å². The molecule has 1 aromatic rings. The van der Waals surface area contributed by atoms with Crippen molar-refractivity contribution in [3.63, 3.8) is 0 Å². The number of amides is 1. The maximum Gasteiger partial charge on any atom is 0.240 e. The minimum absolute atomic E-state index is 0.111. The van der Waals surface area contributed by atoms with Gasteiger partial charge in [-0.25, -0.2) is 13.1 Å². The number of sulfonamides is 1. The van der Waals surface area contributed by atoms with E-state index in [1.165, 1.54) is 6.07 Å². The van der Waals surface area contributed by atoms with Crippen LogP contribution in [0.4, 0.5) is 5.69 Å². The Morgan fingerprint density at radius 3 is 2.86 bits per heavy atom. The molecule has 8 heteroatoms. The zero-order valence-electron chi connectivity index (χ0n) is 11.6. The predicted octanol–water partition coefficient (Wildman–Crippen LogP) is 1.54. The van der Waals surface area contributed by atoms with Crippen molar-refractivity contribution in [2.75, 3.05) is 25.6 Å². The van der Waals surface area contributed by atoms with Gasteiger partial charge in [-0.15, -0.1) is 0 Å². The summed E-state index contributed by atoms with van der Waals surface area (Å²) >= 11 is 6.08. The number of methoxy groups -OCH3 is 1. The van der Waals surface area contributed by atoms with Crippen LogP contribution in [0, 0.1) is 0 Å². The van der Waals surface area contributed by atoms with E-state index in [2.05, 4.69) is 10.0 Å². The molecule has 0 fully saturated rings. The number of carbonyl (C=O) groups is 1. The molecule has 1 amide bonds. The van der Waals surface area contributed by atoms with Crippen LogP contribution in [-0.2, 0) is 26.0 Å². The van der Waals surface area contributed by atoms with E-state index in [1.807, 2.05) is 0 Å². The Kier molecular flexibility index (Phi) is 5.21. The van der Waals surface area contributed by atoms with Crippen LogP contribution >= 0.6 is 11.6 Å². The van der Waals surface area contributed by atoms with Gasteiger partial charge in [0.25, 0.3) is 0 Å². The first-order chi connectivity index (χ1) is 9.94. The maximum absolute atomic E-state index is 12.2. The molecule has 21 heavy (non-hydrogen) atoms. The number of aryl methyl sites for hydroxylation is 1. The van der Waals surface area contributed by atoms with Gasteiger partial charge < -0.3 is 10.1 Å². The number of fused-ring (bicyclic) bond motifs is 1. The average molecular weight is 333 g/mol. The van der Waals surface area contributed by atoms with E-state index in [1.54, 1.807) is 13.2 Å². The summed E-state index contributed by atoms with van der Waals surface area (Å²) in [6, 6.07) is 2.91. The van der Waals surface area contributed by atoms with Gasteiger partial charge in [-0.1, -0.05) is 11.6 Å². The van der Waals surface area contributed by atoms with Crippen molar-refractivity contribution in [2.45, 2.75) is 24.2 Å². The Morgan fingerprint density at radius 2 is 2.14 bits per heavy atom. The highest BCUT2D eigenvalue weighted by molar-refractivity contribution is 7.89. The van der Waals surface area contributed by atoms with Crippen LogP contribution in [0.25, 0.3) is 0 Å². The van der Waals surface area contributed by atoms with Crippen LogP contribution in [0.15, 0.2) is 17.0 Å². The molecule has 0 aromatic heterocycles. The summed E-state index contributed by atoms with van der Waals surface area (Å²) in [6.45, 7) is 0.779. The Balaban J connectivity index is 2.20. The number of hydrogen-bond donors (Lipinski definition) is 2. The van der Waals surface area contributed by atoms with E-state index in [9.17, 15) is 13.2 Å². The predicted molar refractivity (Wildman–Crippen MR) is 80.1 cm³/mol. The second-order valence-corrected chi connectivity index (χ2v) is 6.91. The van der Waals surface area contributed by atoms with Crippen LogP contribution < -0.4 is 10.0 Å². The van der Waals surface area contributed by atoms with Crippen molar-refractivity contribution >= 4 is 33.2 Å². The van der Waals surface area contributed by atoms with Crippen LogP contribution in [0.3, 0.4) is 0 Å². The minimum Gasteiger partial charge on any atom is -0.385 e. The monoisotopic (exact) mass is 332 g/mol. The van der Waals surface area contributed by atoms with E-state index < -0.39 is 10.0 Å². The molecule has 0 aliphatic carbocycles. The zero-order chi connectivity index (χ0) is 15.5. The van der Waals surface area contributed by atoms with Gasteiger partial charge in [-0.2, -0.15) is 0 Å². The standard InChI is InChI=1S/C13H17ClN2O4S/c1-20-6-2-5-15-21(18,19)10-7-9-3-4-12(17)16-13(9)11(14)8-10/h7-8,15H,2-6H2,1H3,(H,16,17).